The number of aromatic nitrogens is 3. The largest absolute Gasteiger partial charge is 0.785 e. The molecule has 1 N–H and O–H groups in total. The van der Waals surface area contributed by atoms with Crippen molar-refractivity contribution in [2.45, 2.75) is 51.7 Å². The second-order valence-electron chi connectivity index (χ2n) is 12.4. The Morgan fingerprint density at radius 2 is 1.73 bits per heavy atom. The van der Waals surface area contributed by atoms with Gasteiger partial charge in [-0.1, -0.05) is 23.2 Å². The first-order valence-electron chi connectivity index (χ1n) is 15.0. The first-order chi connectivity index (χ1) is 21.4. The van der Waals surface area contributed by atoms with Crippen LogP contribution in [0.2, 0.25) is 10.0 Å². The second-order valence-corrected chi connectivity index (χ2v) is 13.2. The van der Waals surface area contributed by atoms with Gasteiger partial charge in [0.1, 0.15) is 28.8 Å². The number of benzene rings is 1. The van der Waals surface area contributed by atoms with E-state index in [1.165, 1.54) is 18.8 Å². The Kier molecular flexibility index (Phi) is 10.1. The number of hydrogen-bond donors (Lipinski definition) is 1. The lowest BCUT2D eigenvalue weighted by Gasteiger charge is -2.39. The van der Waals surface area contributed by atoms with Gasteiger partial charge in [0.05, 0.1) is 29.8 Å². The number of carbonyl (C=O) groups is 1. The van der Waals surface area contributed by atoms with Gasteiger partial charge in [0, 0.05) is 49.4 Å². The molecule has 1 atom stereocenters. The topological polar surface area (TPSA) is 134 Å². The summed E-state index contributed by atoms with van der Waals surface area (Å²) in [5.74, 6) is 0.846. The summed E-state index contributed by atoms with van der Waals surface area (Å²) < 4.78 is 18.2. The van der Waals surface area contributed by atoms with E-state index in [9.17, 15) is 14.8 Å². The lowest BCUT2D eigenvalue weighted by molar-refractivity contribution is -0.159. The van der Waals surface area contributed by atoms with Crippen LogP contribution in [0.15, 0.2) is 23.1 Å². The van der Waals surface area contributed by atoms with E-state index in [0.29, 0.717) is 56.5 Å². The number of carbonyl (C=O) groups excluding carboxylic acids is 1. The average Bonchev–Trinajstić information content (AvgIpc) is 3.82. The molecule has 2 aromatic heterocycles. The minimum absolute atomic E-state index is 0.110. The highest BCUT2D eigenvalue weighted by atomic mass is 35.5. The van der Waals surface area contributed by atoms with Gasteiger partial charge in [-0.2, -0.15) is 4.98 Å². The van der Waals surface area contributed by atoms with Gasteiger partial charge in [0.25, 0.3) is 5.56 Å². The van der Waals surface area contributed by atoms with Crippen molar-refractivity contribution in [3.05, 3.63) is 43.9 Å². The van der Waals surface area contributed by atoms with Gasteiger partial charge < -0.3 is 34.7 Å². The summed E-state index contributed by atoms with van der Waals surface area (Å²) in [5, 5.41) is 16.8. The van der Waals surface area contributed by atoms with Crippen LogP contribution in [0.4, 0.5) is 5.95 Å². The number of esters is 1. The molecule has 5 rings (SSSR count). The minimum atomic E-state index is -1.07. The molecule has 14 heteroatoms. The molecule has 0 amide bonds. The van der Waals surface area contributed by atoms with E-state index >= 15 is 0 Å². The SMILES string of the molecule is COc1cc(OC)c(Cl)c(-c2cc3cnc(NCC4CC4)nc3n(C(CCN3CCN([O-])CC3)C(=O)OC(C)(C)C)c2=O)c1Cl. The van der Waals surface area contributed by atoms with Crippen LogP contribution in [0.5, 0.6) is 11.5 Å². The van der Waals surface area contributed by atoms with Crippen LogP contribution in [0.3, 0.4) is 0 Å². The molecule has 244 valence electrons. The molecule has 1 unspecified atom stereocenters. The molecule has 3 aromatic rings. The molecule has 1 aliphatic carbocycles. The van der Waals surface area contributed by atoms with Crippen molar-refractivity contribution in [1.29, 1.82) is 0 Å². The molecule has 2 fully saturated rings. The molecular weight excluding hydrogens is 623 g/mol. The fourth-order valence-electron chi connectivity index (χ4n) is 5.33. The Labute approximate surface area is 272 Å². The van der Waals surface area contributed by atoms with Crippen LogP contribution in [0.25, 0.3) is 22.2 Å². The summed E-state index contributed by atoms with van der Waals surface area (Å²) >= 11 is 13.6. The van der Waals surface area contributed by atoms with Crippen LogP contribution in [0, 0.1) is 11.1 Å². The van der Waals surface area contributed by atoms with Gasteiger partial charge in [0.15, 0.2) is 0 Å². The number of anilines is 1. The summed E-state index contributed by atoms with van der Waals surface area (Å²) in [6.07, 6.45) is 4.11. The van der Waals surface area contributed by atoms with E-state index in [-0.39, 0.29) is 44.7 Å². The van der Waals surface area contributed by atoms with E-state index < -0.39 is 23.2 Å². The molecule has 1 aliphatic heterocycles. The van der Waals surface area contributed by atoms with Crippen molar-refractivity contribution in [1.82, 2.24) is 24.5 Å². The van der Waals surface area contributed by atoms with Gasteiger partial charge in [-0.3, -0.25) is 9.36 Å². The molecule has 3 heterocycles. The summed E-state index contributed by atoms with van der Waals surface area (Å²) in [6.45, 7) is 8.32. The standard InChI is InChI=1S/C31H39Cl2N6O6/c1-31(2,3)45-29(41)21(8-9-37-10-12-38(42)13-11-37)39-27-19(17-35-30(36-27)34-16-18-6-7-18)14-20(28(39)40)24-25(32)22(43-4)15-23(44-5)26(24)33/h14-15,17-18,21H,6-13,16H2,1-5H3,(H,34,35,36)/q-1. The molecule has 0 bridgehead atoms. The summed E-state index contributed by atoms with van der Waals surface area (Å²) in [4.78, 5) is 40.0. The molecule has 2 aliphatic rings. The van der Waals surface area contributed by atoms with Gasteiger partial charge in [0.2, 0.25) is 5.95 Å². The molecule has 1 saturated carbocycles. The molecule has 45 heavy (non-hydrogen) atoms. The van der Waals surface area contributed by atoms with E-state index in [4.69, 9.17) is 42.4 Å². The van der Waals surface area contributed by atoms with E-state index in [1.807, 2.05) is 0 Å². The third-order valence-corrected chi connectivity index (χ3v) is 8.65. The highest BCUT2D eigenvalue weighted by Gasteiger charge is 2.32. The van der Waals surface area contributed by atoms with Crippen LogP contribution >= 0.6 is 23.2 Å². The zero-order chi connectivity index (χ0) is 32.5. The number of nitrogens with one attached hydrogen (secondary N) is 1. The number of rotatable bonds is 11. The highest BCUT2D eigenvalue weighted by molar-refractivity contribution is 6.41. The van der Waals surface area contributed by atoms with E-state index in [1.54, 1.807) is 39.1 Å². The number of pyridine rings is 1. The maximum atomic E-state index is 14.7. The van der Waals surface area contributed by atoms with Gasteiger partial charge >= 0.3 is 5.97 Å². The highest BCUT2D eigenvalue weighted by Crippen LogP contribution is 2.45. The number of hydroxylamine groups is 2. The van der Waals surface area contributed by atoms with Crippen LogP contribution in [0.1, 0.15) is 46.1 Å². The van der Waals surface area contributed by atoms with Crippen molar-refractivity contribution in [2.75, 3.05) is 58.8 Å². The van der Waals surface area contributed by atoms with Crippen molar-refractivity contribution in [2.24, 2.45) is 5.92 Å². The fourth-order valence-corrected chi connectivity index (χ4v) is 6.04. The van der Waals surface area contributed by atoms with E-state index in [2.05, 4.69) is 15.2 Å². The number of piperazine rings is 1. The number of ether oxygens (including phenoxy) is 3. The molecule has 12 nitrogen and oxygen atoms in total. The first kappa shape index (κ1) is 33.2. The first-order valence-corrected chi connectivity index (χ1v) is 15.8. The monoisotopic (exact) mass is 661 g/mol. The molecule has 0 radical (unpaired) electrons. The predicted molar refractivity (Wildman–Crippen MR) is 174 cm³/mol. The third-order valence-electron chi connectivity index (χ3n) is 7.90. The fraction of sp³-hybridized carbons (Fsp3) is 0.548. The van der Waals surface area contributed by atoms with Gasteiger partial charge in [-0.15, -0.1) is 0 Å². The van der Waals surface area contributed by atoms with Crippen LogP contribution in [-0.4, -0.2) is 89.6 Å². The minimum Gasteiger partial charge on any atom is -0.785 e. The lowest BCUT2D eigenvalue weighted by Crippen LogP contribution is -2.45. The van der Waals surface area contributed by atoms with Gasteiger partial charge in [-0.05, 0) is 65.1 Å². The molecule has 1 aromatic carbocycles. The van der Waals surface area contributed by atoms with Gasteiger partial charge in [-0.25, -0.2) is 9.78 Å². The van der Waals surface area contributed by atoms with Crippen molar-refractivity contribution in [3.63, 3.8) is 0 Å². The Morgan fingerprint density at radius 1 is 1.09 bits per heavy atom. The number of hydrogen-bond acceptors (Lipinski definition) is 11. The number of nitrogens with zero attached hydrogens (tertiary/aromatic N) is 5. The maximum Gasteiger partial charge on any atom is 0.329 e. The van der Waals surface area contributed by atoms with Crippen LogP contribution in [-0.2, 0) is 9.53 Å². The number of methoxy groups -OCH3 is 2. The van der Waals surface area contributed by atoms with Crippen molar-refractivity contribution in [3.8, 4) is 22.6 Å². The van der Waals surface area contributed by atoms with Crippen LogP contribution < -0.4 is 20.3 Å². The zero-order valence-corrected chi connectivity index (χ0v) is 27.7. The Bertz CT molecular complexity index is 1590. The normalized spacial score (nSPS) is 16.9. The number of halogens is 2. The predicted octanol–water partition coefficient (Wildman–Crippen LogP) is 4.99. The second kappa shape index (κ2) is 13.7. The Morgan fingerprint density at radius 3 is 2.31 bits per heavy atom. The molecule has 1 saturated heterocycles. The zero-order valence-electron chi connectivity index (χ0n) is 26.2. The molecule has 0 spiro atoms. The smallest absolute Gasteiger partial charge is 0.329 e. The summed E-state index contributed by atoms with van der Waals surface area (Å²) in [7, 11) is 2.90. The molecular formula is C31H39Cl2N6O6-. The summed E-state index contributed by atoms with van der Waals surface area (Å²) in [5.41, 5.74) is -0.793. The Balaban J connectivity index is 1.71. The van der Waals surface area contributed by atoms with Crippen molar-refractivity contribution < 1.29 is 19.0 Å². The number of fused-ring (bicyclic) bond motifs is 1. The third kappa shape index (κ3) is 7.63. The Hall–Kier alpha value is -3.16. The maximum absolute atomic E-state index is 14.7. The van der Waals surface area contributed by atoms with Crippen molar-refractivity contribution >= 4 is 46.2 Å². The average molecular weight is 663 g/mol. The summed E-state index contributed by atoms with van der Waals surface area (Å²) in [6, 6.07) is 2.09. The quantitative estimate of drug-likeness (QED) is 0.278. The van der Waals surface area contributed by atoms with E-state index in [0.717, 1.165) is 17.9 Å². The lowest BCUT2D eigenvalue weighted by atomic mass is 10.0.